The minimum Gasteiger partial charge on any atom is -0.394 e. The van der Waals surface area contributed by atoms with Gasteiger partial charge in [0.15, 0.2) is 6.29 Å². The third-order valence-corrected chi connectivity index (χ3v) is 2.39. The van der Waals surface area contributed by atoms with Crippen molar-refractivity contribution in [1.82, 2.24) is 5.32 Å². The molecule has 5 N–H and O–H groups in total. The molecule has 1 saturated heterocycles. The van der Waals surface area contributed by atoms with Gasteiger partial charge in [0.25, 0.3) is 0 Å². The first-order valence-corrected chi connectivity index (χ1v) is 4.74. The number of aliphatic hydroxyl groups is 4. The SMILES string of the molecule is C=CC(=O)N[C@@H]1[C@@H](O)[C@H](O)[C@@H](CO)O[C@@H]1O. The van der Waals surface area contributed by atoms with Crippen molar-refractivity contribution in [2.75, 3.05) is 6.61 Å². The molecule has 1 aliphatic rings. The zero-order chi connectivity index (χ0) is 12.3. The number of rotatable bonds is 3. The molecule has 92 valence electrons. The quantitative estimate of drug-likeness (QED) is 0.333. The van der Waals surface area contributed by atoms with E-state index in [4.69, 9.17) is 9.84 Å². The second-order valence-electron chi connectivity index (χ2n) is 3.47. The Kier molecular flexibility index (Phi) is 4.39. The largest absolute Gasteiger partial charge is 0.394 e. The second-order valence-corrected chi connectivity index (χ2v) is 3.47. The summed E-state index contributed by atoms with van der Waals surface area (Å²) in [6.45, 7) is 2.66. The summed E-state index contributed by atoms with van der Waals surface area (Å²) in [4.78, 5) is 11.0. The Bertz CT molecular complexity index is 271. The van der Waals surface area contributed by atoms with E-state index in [9.17, 15) is 20.1 Å². The second kappa shape index (κ2) is 5.37. The average Bonchev–Trinajstić information content (AvgIpc) is 2.28. The number of aliphatic hydroxyl groups excluding tert-OH is 4. The fourth-order valence-corrected chi connectivity index (χ4v) is 1.48. The van der Waals surface area contributed by atoms with E-state index in [0.717, 1.165) is 6.08 Å². The molecule has 0 aromatic carbocycles. The first kappa shape index (κ1) is 13.1. The van der Waals surface area contributed by atoms with Crippen molar-refractivity contribution < 1.29 is 30.0 Å². The van der Waals surface area contributed by atoms with E-state index in [1.807, 2.05) is 0 Å². The fourth-order valence-electron chi connectivity index (χ4n) is 1.48. The topological polar surface area (TPSA) is 119 Å². The Morgan fingerprint density at radius 1 is 1.38 bits per heavy atom. The highest BCUT2D eigenvalue weighted by molar-refractivity contribution is 5.87. The third-order valence-electron chi connectivity index (χ3n) is 2.39. The summed E-state index contributed by atoms with van der Waals surface area (Å²) >= 11 is 0. The van der Waals surface area contributed by atoms with Crippen LogP contribution in [0.25, 0.3) is 0 Å². The van der Waals surface area contributed by atoms with Gasteiger partial charge in [-0.1, -0.05) is 6.58 Å². The predicted molar refractivity (Wildman–Crippen MR) is 52.1 cm³/mol. The van der Waals surface area contributed by atoms with Crippen LogP contribution in [0.2, 0.25) is 0 Å². The van der Waals surface area contributed by atoms with Gasteiger partial charge in [0.05, 0.1) is 6.61 Å². The molecular weight excluding hydrogens is 218 g/mol. The van der Waals surface area contributed by atoms with E-state index in [2.05, 4.69) is 11.9 Å². The van der Waals surface area contributed by atoms with Gasteiger partial charge in [-0.3, -0.25) is 4.79 Å². The maximum atomic E-state index is 11.0. The maximum absolute atomic E-state index is 11.0. The van der Waals surface area contributed by atoms with Gasteiger partial charge < -0.3 is 30.5 Å². The minimum absolute atomic E-state index is 0.544. The number of hydrogen-bond donors (Lipinski definition) is 5. The highest BCUT2D eigenvalue weighted by Gasteiger charge is 2.43. The van der Waals surface area contributed by atoms with Crippen LogP contribution in [-0.2, 0) is 9.53 Å². The standard InChI is InChI=1S/C9H15NO6/c1-2-5(12)10-6-8(14)7(13)4(3-11)16-9(6)15/h2,4,6-9,11,13-15H,1,3H2,(H,10,12)/t4-,6-,7-,8-,9+/m1/s1. The molecule has 16 heavy (non-hydrogen) atoms. The molecule has 1 heterocycles. The zero-order valence-electron chi connectivity index (χ0n) is 8.48. The van der Waals surface area contributed by atoms with E-state index in [1.54, 1.807) is 0 Å². The van der Waals surface area contributed by atoms with Crippen LogP contribution in [0.3, 0.4) is 0 Å². The number of nitrogens with one attached hydrogen (secondary N) is 1. The molecule has 7 nitrogen and oxygen atoms in total. The van der Waals surface area contributed by atoms with Crippen LogP contribution in [0.4, 0.5) is 0 Å². The van der Waals surface area contributed by atoms with E-state index in [0.29, 0.717) is 0 Å². The fraction of sp³-hybridized carbons (Fsp3) is 0.667. The molecule has 1 aliphatic heterocycles. The lowest BCUT2D eigenvalue weighted by atomic mass is 9.97. The molecule has 0 saturated carbocycles. The smallest absolute Gasteiger partial charge is 0.243 e. The third kappa shape index (κ3) is 2.57. The number of ether oxygens (including phenoxy) is 1. The highest BCUT2D eigenvalue weighted by Crippen LogP contribution is 2.19. The van der Waals surface area contributed by atoms with Crippen molar-refractivity contribution in [1.29, 1.82) is 0 Å². The first-order valence-electron chi connectivity index (χ1n) is 4.74. The summed E-state index contributed by atoms with van der Waals surface area (Å²) in [5.74, 6) is -0.610. The van der Waals surface area contributed by atoms with Crippen molar-refractivity contribution >= 4 is 5.91 Å². The molecule has 7 heteroatoms. The molecule has 1 amide bonds. The number of carbonyl (C=O) groups is 1. The molecule has 1 rings (SSSR count). The molecule has 0 aliphatic carbocycles. The van der Waals surface area contributed by atoms with E-state index < -0.39 is 43.2 Å². The predicted octanol–water partition coefficient (Wildman–Crippen LogP) is -2.91. The van der Waals surface area contributed by atoms with Gasteiger partial charge in [0.1, 0.15) is 24.4 Å². The molecule has 5 atom stereocenters. The monoisotopic (exact) mass is 233 g/mol. The normalized spacial score (nSPS) is 39.1. The minimum atomic E-state index is -1.50. The van der Waals surface area contributed by atoms with Crippen molar-refractivity contribution in [2.24, 2.45) is 0 Å². The molecule has 0 aromatic heterocycles. The van der Waals surface area contributed by atoms with Gasteiger partial charge in [-0.2, -0.15) is 0 Å². The molecule has 0 unspecified atom stereocenters. The number of hydrogen-bond acceptors (Lipinski definition) is 6. The summed E-state index contributed by atoms with van der Waals surface area (Å²) in [5, 5.41) is 39.6. The first-order chi connectivity index (χ1) is 7.51. The van der Waals surface area contributed by atoms with E-state index in [1.165, 1.54) is 0 Å². The van der Waals surface area contributed by atoms with Crippen LogP contribution in [-0.4, -0.2) is 63.6 Å². The lowest BCUT2D eigenvalue weighted by Gasteiger charge is -2.40. The average molecular weight is 233 g/mol. The van der Waals surface area contributed by atoms with Gasteiger partial charge in [0, 0.05) is 0 Å². The highest BCUT2D eigenvalue weighted by atomic mass is 16.6. The van der Waals surface area contributed by atoms with Gasteiger partial charge in [-0.15, -0.1) is 0 Å². The van der Waals surface area contributed by atoms with Gasteiger partial charge in [-0.05, 0) is 6.08 Å². The van der Waals surface area contributed by atoms with Gasteiger partial charge in [-0.25, -0.2) is 0 Å². The lowest BCUT2D eigenvalue weighted by molar-refractivity contribution is -0.253. The Morgan fingerprint density at radius 3 is 2.50 bits per heavy atom. The van der Waals surface area contributed by atoms with Crippen LogP contribution >= 0.6 is 0 Å². The summed E-state index contributed by atoms with van der Waals surface area (Å²) in [5.41, 5.74) is 0. The van der Waals surface area contributed by atoms with Crippen LogP contribution in [0, 0.1) is 0 Å². The molecule has 0 aromatic rings. The Balaban J connectivity index is 2.71. The van der Waals surface area contributed by atoms with Crippen LogP contribution in [0.15, 0.2) is 12.7 Å². The summed E-state index contributed by atoms with van der Waals surface area (Å²) in [6.07, 6.45) is -4.43. The Labute approximate surface area is 92.0 Å². The molecular formula is C9H15NO6. The molecule has 0 radical (unpaired) electrons. The maximum Gasteiger partial charge on any atom is 0.243 e. The van der Waals surface area contributed by atoms with Crippen molar-refractivity contribution in [3.63, 3.8) is 0 Å². The van der Waals surface area contributed by atoms with Crippen LogP contribution < -0.4 is 5.32 Å². The van der Waals surface area contributed by atoms with Crippen LogP contribution in [0.1, 0.15) is 0 Å². The van der Waals surface area contributed by atoms with Gasteiger partial charge >= 0.3 is 0 Å². The summed E-state index contributed by atoms with van der Waals surface area (Å²) < 4.78 is 4.82. The molecule has 1 fully saturated rings. The van der Waals surface area contributed by atoms with Crippen molar-refractivity contribution in [3.05, 3.63) is 12.7 Å². The molecule has 0 bridgehead atoms. The summed E-state index contributed by atoms with van der Waals surface area (Å²) in [7, 11) is 0. The zero-order valence-corrected chi connectivity index (χ0v) is 8.48. The summed E-state index contributed by atoms with van der Waals surface area (Å²) in [6, 6.07) is -1.16. The van der Waals surface area contributed by atoms with Gasteiger partial charge in [0.2, 0.25) is 5.91 Å². The molecule has 0 spiro atoms. The van der Waals surface area contributed by atoms with Crippen LogP contribution in [0.5, 0.6) is 0 Å². The van der Waals surface area contributed by atoms with Crippen molar-refractivity contribution in [3.8, 4) is 0 Å². The van der Waals surface area contributed by atoms with E-state index in [-0.39, 0.29) is 0 Å². The number of carbonyl (C=O) groups excluding carboxylic acids is 1. The van der Waals surface area contributed by atoms with E-state index >= 15 is 0 Å². The van der Waals surface area contributed by atoms with Crippen molar-refractivity contribution in [2.45, 2.75) is 30.6 Å². The number of amides is 1. The Morgan fingerprint density at radius 2 is 2.00 bits per heavy atom. The Hall–Kier alpha value is -0.990. The lowest BCUT2D eigenvalue weighted by Crippen LogP contribution is -2.64.